The molecule has 1 saturated heterocycles. The number of hydrogen-bond donors (Lipinski definition) is 1. The number of sulfonamides is 1. The largest absolute Gasteiger partial charge is 0.381 e. The molecule has 0 radical (unpaired) electrons. The number of benzene rings is 2. The summed E-state index contributed by atoms with van der Waals surface area (Å²) < 4.78 is 91.1. The molecule has 2 aromatic carbocycles. The summed E-state index contributed by atoms with van der Waals surface area (Å²) in [5.41, 5.74) is -0.274. The van der Waals surface area contributed by atoms with Gasteiger partial charge in [-0.15, -0.1) is 11.3 Å². The number of anilines is 1. The third-order valence-electron chi connectivity index (χ3n) is 5.91. The summed E-state index contributed by atoms with van der Waals surface area (Å²) >= 11 is 1.23. The van der Waals surface area contributed by atoms with E-state index in [2.05, 4.69) is 9.97 Å². The van der Waals surface area contributed by atoms with Gasteiger partial charge in [0.2, 0.25) is 0 Å². The second-order valence-corrected chi connectivity index (χ2v) is 11.0. The van der Waals surface area contributed by atoms with Crippen LogP contribution in [0.5, 0.6) is 0 Å². The monoisotopic (exact) mass is 549 g/mol. The highest BCUT2D eigenvalue weighted by molar-refractivity contribution is 7.92. The van der Waals surface area contributed by atoms with E-state index >= 15 is 4.39 Å². The lowest BCUT2D eigenvalue weighted by Gasteiger charge is -2.19. The van der Waals surface area contributed by atoms with Crippen LogP contribution in [0.3, 0.4) is 0 Å². The third-order valence-corrected chi connectivity index (χ3v) is 8.54. The number of nitrogens with one attached hydrogen (secondary N) is 1. The van der Waals surface area contributed by atoms with E-state index in [4.69, 9.17) is 4.74 Å². The summed E-state index contributed by atoms with van der Waals surface area (Å²) in [6.07, 6.45) is 3.85. The molecule has 2 aromatic heterocycles. The maximum atomic E-state index is 15.8. The van der Waals surface area contributed by atoms with E-state index in [0.29, 0.717) is 48.1 Å². The molecule has 4 aromatic rings. The number of rotatable bonds is 6. The first kappa shape index (κ1) is 25.3. The van der Waals surface area contributed by atoms with Crippen LogP contribution in [0.25, 0.3) is 21.7 Å². The van der Waals surface area contributed by atoms with Gasteiger partial charge in [0.25, 0.3) is 10.0 Å². The van der Waals surface area contributed by atoms with E-state index in [-0.39, 0.29) is 22.7 Å². The maximum absolute atomic E-state index is 15.8. The predicted octanol–water partition coefficient (Wildman–Crippen LogP) is 6.12. The van der Waals surface area contributed by atoms with Crippen molar-refractivity contribution in [3.63, 3.8) is 0 Å². The first-order valence-electron chi connectivity index (χ1n) is 11.2. The van der Waals surface area contributed by atoms with Gasteiger partial charge in [-0.2, -0.15) is 0 Å². The third kappa shape index (κ3) is 5.09. The van der Waals surface area contributed by atoms with Crippen LogP contribution in [0.2, 0.25) is 0 Å². The highest BCUT2D eigenvalue weighted by Crippen LogP contribution is 2.43. The van der Waals surface area contributed by atoms with Crippen molar-refractivity contribution in [3.05, 3.63) is 83.1 Å². The quantitative estimate of drug-likeness (QED) is 0.293. The molecular weight excluding hydrogens is 530 g/mol. The minimum Gasteiger partial charge on any atom is -0.381 e. The van der Waals surface area contributed by atoms with Crippen molar-refractivity contribution in [2.75, 3.05) is 17.9 Å². The summed E-state index contributed by atoms with van der Waals surface area (Å²) in [7, 11) is -4.67. The molecular formula is C25H19F4N3O3S2. The second-order valence-electron chi connectivity index (χ2n) is 8.32. The molecule has 0 saturated carbocycles. The Morgan fingerprint density at radius 2 is 1.76 bits per heavy atom. The number of aromatic nitrogens is 2. The number of halogens is 4. The van der Waals surface area contributed by atoms with Crippen molar-refractivity contribution in [2.45, 2.75) is 23.7 Å². The Morgan fingerprint density at radius 3 is 2.51 bits per heavy atom. The predicted molar refractivity (Wildman–Crippen MR) is 131 cm³/mol. The molecule has 0 atom stereocenters. The van der Waals surface area contributed by atoms with Crippen molar-refractivity contribution in [1.29, 1.82) is 0 Å². The van der Waals surface area contributed by atoms with Crippen molar-refractivity contribution in [3.8, 4) is 21.7 Å². The van der Waals surface area contributed by atoms with Gasteiger partial charge in [0.15, 0.2) is 5.82 Å². The Morgan fingerprint density at radius 1 is 0.973 bits per heavy atom. The Labute approximate surface area is 214 Å². The molecule has 3 heterocycles. The topological polar surface area (TPSA) is 81.2 Å². The van der Waals surface area contributed by atoms with Gasteiger partial charge in [-0.1, -0.05) is 6.07 Å². The molecule has 0 amide bonds. The van der Waals surface area contributed by atoms with Gasteiger partial charge < -0.3 is 4.74 Å². The Bertz CT molecular complexity index is 1570. The fourth-order valence-electron chi connectivity index (χ4n) is 4.06. The SMILES string of the molecule is O=S(=O)(Nc1cccc(-c2nc(C3CCOCC3)sc2-c2ccncc2F)c1F)c1cc(F)ccc1F. The van der Waals surface area contributed by atoms with Crippen molar-refractivity contribution in [1.82, 2.24) is 9.97 Å². The van der Waals surface area contributed by atoms with Crippen LogP contribution in [0, 0.1) is 23.3 Å². The maximum Gasteiger partial charge on any atom is 0.265 e. The summed E-state index contributed by atoms with van der Waals surface area (Å²) in [4.78, 5) is 7.81. The lowest BCUT2D eigenvalue weighted by molar-refractivity contribution is 0.0853. The zero-order valence-electron chi connectivity index (χ0n) is 19.0. The molecule has 1 aliphatic rings. The smallest absolute Gasteiger partial charge is 0.265 e. The normalized spacial score (nSPS) is 14.6. The van der Waals surface area contributed by atoms with Gasteiger partial charge >= 0.3 is 0 Å². The molecule has 1 fully saturated rings. The van der Waals surface area contributed by atoms with Gasteiger partial charge in [0.1, 0.15) is 22.3 Å². The number of ether oxygens (including phenoxy) is 1. The van der Waals surface area contributed by atoms with Gasteiger partial charge in [0, 0.05) is 36.5 Å². The summed E-state index contributed by atoms with van der Waals surface area (Å²) in [6.45, 7) is 1.08. The minimum absolute atomic E-state index is 0.0387. The van der Waals surface area contributed by atoms with Gasteiger partial charge in [-0.3, -0.25) is 9.71 Å². The van der Waals surface area contributed by atoms with Crippen LogP contribution in [0.15, 0.2) is 59.8 Å². The molecule has 1 N–H and O–H groups in total. The molecule has 5 rings (SSSR count). The van der Waals surface area contributed by atoms with E-state index < -0.39 is 43.9 Å². The standard InChI is InChI=1S/C25H19F4N3O3S2/c26-15-4-5-18(27)21(12-15)37(33,34)32-20-3-1-2-17(22(20)29)23-24(16-6-9-30-13-19(16)28)36-25(31-23)14-7-10-35-11-8-14/h1-6,9,12-14,32H,7-8,10-11H2. The lowest BCUT2D eigenvalue weighted by Crippen LogP contribution is -2.16. The second kappa shape index (κ2) is 10.2. The first-order valence-corrected chi connectivity index (χ1v) is 13.5. The average molecular weight is 550 g/mol. The number of hydrogen-bond acceptors (Lipinski definition) is 6. The highest BCUT2D eigenvalue weighted by atomic mass is 32.2. The molecule has 192 valence electrons. The van der Waals surface area contributed by atoms with Crippen LogP contribution in [-0.2, 0) is 14.8 Å². The Kier molecular flexibility index (Phi) is 6.97. The average Bonchev–Trinajstić information content (AvgIpc) is 3.32. The number of nitrogens with zero attached hydrogens (tertiary/aromatic N) is 2. The number of thiazole rings is 1. The molecule has 12 heteroatoms. The highest BCUT2D eigenvalue weighted by Gasteiger charge is 2.27. The zero-order chi connectivity index (χ0) is 26.2. The zero-order valence-corrected chi connectivity index (χ0v) is 20.7. The van der Waals surface area contributed by atoms with Crippen LogP contribution >= 0.6 is 11.3 Å². The van der Waals surface area contributed by atoms with E-state index in [1.165, 1.54) is 35.7 Å². The molecule has 0 bridgehead atoms. The molecule has 0 aliphatic carbocycles. The van der Waals surface area contributed by atoms with Crippen molar-refractivity contribution < 1.29 is 30.7 Å². The van der Waals surface area contributed by atoms with Crippen LogP contribution in [0.1, 0.15) is 23.8 Å². The number of pyridine rings is 1. The fourth-order valence-corrected chi connectivity index (χ4v) is 6.48. The van der Waals surface area contributed by atoms with Crippen molar-refractivity contribution in [2.24, 2.45) is 0 Å². The molecule has 1 aliphatic heterocycles. The lowest BCUT2D eigenvalue weighted by atomic mass is 10.0. The minimum atomic E-state index is -4.67. The summed E-state index contributed by atoms with van der Waals surface area (Å²) in [5, 5.41) is 0.678. The molecule has 6 nitrogen and oxygen atoms in total. The van der Waals surface area contributed by atoms with Gasteiger partial charge in [-0.05, 0) is 49.2 Å². The molecule has 0 spiro atoms. The molecule has 37 heavy (non-hydrogen) atoms. The molecule has 0 unspecified atom stereocenters. The van der Waals surface area contributed by atoms with E-state index in [0.717, 1.165) is 18.3 Å². The fraction of sp³-hybridized carbons (Fsp3) is 0.200. The van der Waals surface area contributed by atoms with E-state index in [1.807, 2.05) is 4.72 Å². The Hall–Kier alpha value is -3.35. The van der Waals surface area contributed by atoms with Crippen LogP contribution < -0.4 is 4.72 Å². The Balaban J connectivity index is 1.60. The van der Waals surface area contributed by atoms with Gasteiger partial charge in [-0.25, -0.2) is 31.0 Å². The van der Waals surface area contributed by atoms with Crippen molar-refractivity contribution >= 4 is 27.0 Å². The first-order chi connectivity index (χ1) is 17.7. The van der Waals surface area contributed by atoms with Crippen LogP contribution in [0.4, 0.5) is 23.2 Å². The summed E-state index contributed by atoms with van der Waals surface area (Å²) in [5.74, 6) is -3.74. The van der Waals surface area contributed by atoms with Gasteiger partial charge in [0.05, 0.1) is 27.5 Å². The van der Waals surface area contributed by atoms with E-state index in [9.17, 15) is 21.6 Å². The van der Waals surface area contributed by atoms with Crippen LogP contribution in [-0.4, -0.2) is 31.6 Å². The summed E-state index contributed by atoms with van der Waals surface area (Å²) in [6, 6.07) is 7.32. The van der Waals surface area contributed by atoms with E-state index in [1.54, 1.807) is 0 Å².